The molecule has 3 nitrogen and oxygen atoms in total. The third-order valence-corrected chi connectivity index (χ3v) is 4.34. The van der Waals surface area contributed by atoms with E-state index in [1.807, 2.05) is 17.9 Å². The molecular weight excluding hydrogens is 246 g/mol. The fraction of sp³-hybridized carbons (Fsp3) is 0.824. The van der Waals surface area contributed by atoms with Crippen molar-refractivity contribution in [3.63, 3.8) is 0 Å². The lowest BCUT2D eigenvalue weighted by atomic mass is 10.00. The summed E-state index contributed by atoms with van der Waals surface area (Å²) >= 11 is 0. The van der Waals surface area contributed by atoms with E-state index in [1.54, 1.807) is 0 Å². The molecule has 1 aromatic rings. The van der Waals surface area contributed by atoms with E-state index in [2.05, 4.69) is 31.3 Å². The lowest BCUT2D eigenvalue weighted by Crippen LogP contribution is -2.17. The summed E-state index contributed by atoms with van der Waals surface area (Å²) in [6.07, 6.45) is 14.3. The SMILES string of the molecule is CCCCCCCCCCC(NC)c1cnn(C)c1C. The molecule has 0 fully saturated rings. The van der Waals surface area contributed by atoms with Gasteiger partial charge in [-0.2, -0.15) is 5.10 Å². The largest absolute Gasteiger partial charge is 0.313 e. The summed E-state index contributed by atoms with van der Waals surface area (Å²) in [5, 5.41) is 7.79. The van der Waals surface area contributed by atoms with Crippen LogP contribution in [0.2, 0.25) is 0 Å². The van der Waals surface area contributed by atoms with Gasteiger partial charge in [-0.25, -0.2) is 0 Å². The van der Waals surface area contributed by atoms with Crippen molar-refractivity contribution in [3.05, 3.63) is 17.5 Å². The molecule has 1 heterocycles. The normalized spacial score (nSPS) is 12.8. The Morgan fingerprint density at radius 1 is 1.10 bits per heavy atom. The van der Waals surface area contributed by atoms with Crippen molar-refractivity contribution in [1.29, 1.82) is 0 Å². The highest BCUT2D eigenvalue weighted by Gasteiger charge is 2.14. The Kier molecular flexibility index (Phi) is 8.59. The third kappa shape index (κ3) is 5.66. The number of nitrogens with one attached hydrogen (secondary N) is 1. The lowest BCUT2D eigenvalue weighted by molar-refractivity contribution is 0.492. The molecule has 3 heteroatoms. The van der Waals surface area contributed by atoms with Crippen LogP contribution in [0.1, 0.15) is 82.0 Å². The molecule has 0 amide bonds. The van der Waals surface area contributed by atoms with Gasteiger partial charge in [-0.3, -0.25) is 4.68 Å². The fourth-order valence-corrected chi connectivity index (χ4v) is 2.80. The Hall–Kier alpha value is -0.830. The molecule has 0 saturated carbocycles. The minimum atomic E-state index is 0.462. The highest BCUT2D eigenvalue weighted by Crippen LogP contribution is 2.22. The number of aromatic nitrogens is 2. The minimum Gasteiger partial charge on any atom is -0.313 e. The van der Waals surface area contributed by atoms with E-state index in [-0.39, 0.29) is 0 Å². The quantitative estimate of drug-likeness (QED) is 0.604. The highest BCUT2D eigenvalue weighted by molar-refractivity contribution is 5.20. The van der Waals surface area contributed by atoms with E-state index in [0.29, 0.717) is 6.04 Å². The average Bonchev–Trinajstić information content (AvgIpc) is 2.78. The second-order valence-electron chi connectivity index (χ2n) is 5.91. The molecule has 0 aromatic carbocycles. The van der Waals surface area contributed by atoms with E-state index in [4.69, 9.17) is 0 Å². The molecule has 0 spiro atoms. The molecular formula is C17H33N3. The molecule has 1 aromatic heterocycles. The van der Waals surface area contributed by atoms with Gasteiger partial charge in [0.2, 0.25) is 0 Å². The van der Waals surface area contributed by atoms with E-state index < -0.39 is 0 Å². The second kappa shape index (κ2) is 9.98. The molecule has 1 unspecified atom stereocenters. The molecule has 1 N–H and O–H groups in total. The van der Waals surface area contributed by atoms with Crippen LogP contribution >= 0.6 is 0 Å². The minimum absolute atomic E-state index is 0.462. The molecule has 0 saturated heterocycles. The maximum Gasteiger partial charge on any atom is 0.0540 e. The number of nitrogens with zero attached hydrogens (tertiary/aromatic N) is 2. The Morgan fingerprint density at radius 3 is 2.20 bits per heavy atom. The second-order valence-corrected chi connectivity index (χ2v) is 5.91. The van der Waals surface area contributed by atoms with Gasteiger partial charge in [0, 0.05) is 24.3 Å². The number of hydrogen-bond acceptors (Lipinski definition) is 2. The van der Waals surface area contributed by atoms with E-state index in [1.165, 1.54) is 69.0 Å². The summed E-state index contributed by atoms with van der Waals surface area (Å²) in [6.45, 7) is 4.43. The zero-order valence-electron chi connectivity index (χ0n) is 13.9. The standard InChI is InChI=1S/C17H33N3/c1-5-6-7-8-9-10-11-12-13-17(18-3)16-14-19-20(4)15(16)2/h14,17-18H,5-13H2,1-4H3. The van der Waals surface area contributed by atoms with Gasteiger partial charge in [0.15, 0.2) is 0 Å². The van der Waals surface area contributed by atoms with Crippen molar-refractivity contribution >= 4 is 0 Å². The summed E-state index contributed by atoms with van der Waals surface area (Å²) in [6, 6.07) is 0.462. The Morgan fingerprint density at radius 2 is 1.70 bits per heavy atom. The molecule has 116 valence electrons. The monoisotopic (exact) mass is 279 g/mol. The first kappa shape index (κ1) is 17.2. The number of unbranched alkanes of at least 4 members (excludes halogenated alkanes) is 7. The van der Waals surface area contributed by atoms with Crippen LogP contribution in [-0.4, -0.2) is 16.8 Å². The van der Waals surface area contributed by atoms with Gasteiger partial charge in [-0.15, -0.1) is 0 Å². The summed E-state index contributed by atoms with van der Waals surface area (Å²) in [5.74, 6) is 0. The van der Waals surface area contributed by atoms with Crippen LogP contribution in [0.3, 0.4) is 0 Å². The van der Waals surface area contributed by atoms with Crippen LogP contribution in [-0.2, 0) is 7.05 Å². The van der Waals surface area contributed by atoms with Gasteiger partial charge in [-0.1, -0.05) is 58.3 Å². The van der Waals surface area contributed by atoms with Crippen molar-refractivity contribution in [2.75, 3.05) is 7.05 Å². The first-order valence-corrected chi connectivity index (χ1v) is 8.36. The number of hydrogen-bond donors (Lipinski definition) is 1. The molecule has 20 heavy (non-hydrogen) atoms. The Bertz CT molecular complexity index is 357. The van der Waals surface area contributed by atoms with Crippen molar-refractivity contribution in [3.8, 4) is 0 Å². The first-order chi connectivity index (χ1) is 9.70. The molecule has 1 atom stereocenters. The van der Waals surface area contributed by atoms with Gasteiger partial charge >= 0.3 is 0 Å². The van der Waals surface area contributed by atoms with E-state index in [9.17, 15) is 0 Å². The number of aryl methyl sites for hydroxylation is 1. The fourth-order valence-electron chi connectivity index (χ4n) is 2.80. The first-order valence-electron chi connectivity index (χ1n) is 8.36. The highest BCUT2D eigenvalue weighted by atomic mass is 15.3. The lowest BCUT2D eigenvalue weighted by Gasteiger charge is -2.15. The van der Waals surface area contributed by atoms with Crippen molar-refractivity contribution in [2.24, 2.45) is 7.05 Å². The summed E-state index contributed by atoms with van der Waals surface area (Å²) in [5.41, 5.74) is 2.64. The molecule has 0 bridgehead atoms. The molecule has 0 aliphatic carbocycles. The molecule has 0 aliphatic heterocycles. The van der Waals surface area contributed by atoms with Crippen LogP contribution in [0, 0.1) is 6.92 Å². The van der Waals surface area contributed by atoms with Gasteiger partial charge in [0.1, 0.15) is 0 Å². The zero-order chi connectivity index (χ0) is 14.8. The topological polar surface area (TPSA) is 29.9 Å². The summed E-state index contributed by atoms with van der Waals surface area (Å²) in [4.78, 5) is 0. The summed E-state index contributed by atoms with van der Waals surface area (Å²) < 4.78 is 1.97. The van der Waals surface area contributed by atoms with Crippen LogP contribution < -0.4 is 5.32 Å². The van der Waals surface area contributed by atoms with Crippen LogP contribution in [0.5, 0.6) is 0 Å². The van der Waals surface area contributed by atoms with Crippen molar-refractivity contribution < 1.29 is 0 Å². The Balaban J connectivity index is 2.18. The van der Waals surface area contributed by atoms with Gasteiger partial charge in [-0.05, 0) is 20.4 Å². The van der Waals surface area contributed by atoms with Gasteiger partial charge in [0.05, 0.1) is 6.20 Å². The van der Waals surface area contributed by atoms with Gasteiger partial charge < -0.3 is 5.32 Å². The van der Waals surface area contributed by atoms with E-state index >= 15 is 0 Å². The maximum atomic E-state index is 4.35. The van der Waals surface area contributed by atoms with Crippen molar-refractivity contribution in [2.45, 2.75) is 77.7 Å². The average molecular weight is 279 g/mol. The third-order valence-electron chi connectivity index (χ3n) is 4.34. The molecule has 0 radical (unpaired) electrons. The van der Waals surface area contributed by atoms with Crippen LogP contribution in [0.15, 0.2) is 6.20 Å². The molecule has 1 rings (SSSR count). The predicted molar refractivity (Wildman–Crippen MR) is 87.0 cm³/mol. The smallest absolute Gasteiger partial charge is 0.0540 e. The molecule has 0 aliphatic rings. The maximum absolute atomic E-state index is 4.35. The van der Waals surface area contributed by atoms with Crippen LogP contribution in [0.4, 0.5) is 0 Å². The van der Waals surface area contributed by atoms with Crippen LogP contribution in [0.25, 0.3) is 0 Å². The Labute approximate surface area is 125 Å². The number of rotatable bonds is 11. The van der Waals surface area contributed by atoms with E-state index in [0.717, 1.165) is 0 Å². The zero-order valence-corrected chi connectivity index (χ0v) is 13.9. The van der Waals surface area contributed by atoms with Crippen molar-refractivity contribution in [1.82, 2.24) is 15.1 Å². The predicted octanol–water partition coefficient (Wildman–Crippen LogP) is 4.52. The van der Waals surface area contributed by atoms with Gasteiger partial charge in [0.25, 0.3) is 0 Å². The summed E-state index contributed by atoms with van der Waals surface area (Å²) in [7, 11) is 4.07.